The normalized spacial score (nSPS) is 12.5. The number of carbonyl (C=O) groups excluding carboxylic acids is 3. The molecule has 0 heterocycles. The molecular formula is C57H110O6. The third-order valence-electron chi connectivity index (χ3n) is 13.3. The predicted octanol–water partition coefficient (Wildman–Crippen LogP) is 18.5. The van der Waals surface area contributed by atoms with E-state index in [0.29, 0.717) is 19.3 Å². The zero-order valence-corrected chi connectivity index (χ0v) is 43.2. The molecule has 0 aliphatic rings. The highest BCUT2D eigenvalue weighted by Crippen LogP contribution is 2.18. The predicted molar refractivity (Wildman–Crippen MR) is 270 cm³/mol. The Labute approximate surface area is 393 Å². The number of unbranched alkanes of at least 4 members (excludes halogenated alkanes) is 35. The average molecular weight is 892 g/mol. The van der Waals surface area contributed by atoms with Crippen LogP contribution in [0.15, 0.2) is 0 Å². The maximum atomic E-state index is 12.8. The third-order valence-corrected chi connectivity index (χ3v) is 13.3. The summed E-state index contributed by atoms with van der Waals surface area (Å²) in [5.41, 5.74) is 0. The molecule has 2 atom stereocenters. The summed E-state index contributed by atoms with van der Waals surface area (Å²) in [6, 6.07) is 0. The van der Waals surface area contributed by atoms with Crippen LogP contribution in [0.5, 0.6) is 0 Å². The van der Waals surface area contributed by atoms with Crippen molar-refractivity contribution in [3.8, 4) is 0 Å². The molecule has 374 valence electrons. The van der Waals surface area contributed by atoms with Gasteiger partial charge < -0.3 is 14.2 Å². The Kier molecular flexibility index (Phi) is 48.6. The molecule has 63 heavy (non-hydrogen) atoms. The Morgan fingerprint density at radius 3 is 0.905 bits per heavy atom. The monoisotopic (exact) mass is 891 g/mol. The van der Waals surface area contributed by atoms with E-state index >= 15 is 0 Å². The first-order valence-corrected chi connectivity index (χ1v) is 28.3. The van der Waals surface area contributed by atoms with Crippen LogP contribution < -0.4 is 0 Å². The zero-order valence-electron chi connectivity index (χ0n) is 43.2. The van der Waals surface area contributed by atoms with Gasteiger partial charge in [0.1, 0.15) is 13.2 Å². The van der Waals surface area contributed by atoms with Gasteiger partial charge in [-0.2, -0.15) is 0 Å². The summed E-state index contributed by atoms with van der Waals surface area (Å²) in [5.74, 6) is 0.880. The number of hydrogen-bond acceptors (Lipinski definition) is 6. The molecule has 0 fully saturated rings. The molecule has 1 unspecified atom stereocenters. The van der Waals surface area contributed by atoms with Crippen molar-refractivity contribution < 1.29 is 28.6 Å². The van der Waals surface area contributed by atoms with E-state index in [0.717, 1.165) is 69.6 Å². The van der Waals surface area contributed by atoms with Gasteiger partial charge >= 0.3 is 17.9 Å². The van der Waals surface area contributed by atoms with Crippen molar-refractivity contribution in [3.05, 3.63) is 0 Å². The van der Waals surface area contributed by atoms with Gasteiger partial charge in [-0.3, -0.25) is 14.4 Å². The molecule has 0 saturated carbocycles. The number of carbonyl (C=O) groups is 3. The molecule has 0 aromatic rings. The second kappa shape index (κ2) is 49.8. The molecule has 6 nitrogen and oxygen atoms in total. The van der Waals surface area contributed by atoms with Crippen LogP contribution in [0.3, 0.4) is 0 Å². The van der Waals surface area contributed by atoms with Crippen LogP contribution >= 0.6 is 0 Å². The molecule has 0 amide bonds. The Morgan fingerprint density at radius 1 is 0.333 bits per heavy atom. The van der Waals surface area contributed by atoms with Crippen LogP contribution in [-0.2, 0) is 28.6 Å². The zero-order chi connectivity index (χ0) is 46.1. The van der Waals surface area contributed by atoms with Crippen molar-refractivity contribution in [2.75, 3.05) is 13.2 Å². The highest BCUT2D eigenvalue weighted by atomic mass is 16.6. The van der Waals surface area contributed by atoms with Gasteiger partial charge in [0.25, 0.3) is 0 Å². The van der Waals surface area contributed by atoms with Crippen molar-refractivity contribution in [1.82, 2.24) is 0 Å². The fourth-order valence-corrected chi connectivity index (χ4v) is 8.66. The van der Waals surface area contributed by atoms with E-state index in [4.69, 9.17) is 14.2 Å². The molecule has 0 aliphatic carbocycles. The van der Waals surface area contributed by atoms with Gasteiger partial charge in [-0.05, 0) is 31.1 Å². The fraction of sp³-hybridized carbons (Fsp3) is 0.947. The molecule has 0 bridgehead atoms. The molecule has 0 aliphatic heterocycles. The summed E-state index contributed by atoms with van der Waals surface area (Å²) in [5, 5.41) is 0. The fourth-order valence-electron chi connectivity index (χ4n) is 8.66. The van der Waals surface area contributed by atoms with Crippen molar-refractivity contribution in [2.45, 2.75) is 323 Å². The Balaban J connectivity index is 4.30. The second-order valence-electron chi connectivity index (χ2n) is 20.3. The lowest BCUT2D eigenvalue weighted by molar-refractivity contribution is -0.167. The highest BCUT2D eigenvalue weighted by molar-refractivity contribution is 5.71. The maximum Gasteiger partial charge on any atom is 0.306 e. The largest absolute Gasteiger partial charge is 0.462 e. The third kappa shape index (κ3) is 49.7. The number of esters is 3. The van der Waals surface area contributed by atoms with Crippen LogP contribution in [-0.4, -0.2) is 37.2 Å². The van der Waals surface area contributed by atoms with Gasteiger partial charge in [-0.1, -0.05) is 279 Å². The van der Waals surface area contributed by atoms with Crippen molar-refractivity contribution >= 4 is 17.9 Å². The molecule has 0 rings (SSSR count). The first kappa shape index (κ1) is 61.4. The van der Waals surface area contributed by atoms with Gasteiger partial charge in [0.15, 0.2) is 6.10 Å². The van der Waals surface area contributed by atoms with E-state index < -0.39 is 6.10 Å². The van der Waals surface area contributed by atoms with Gasteiger partial charge in [0.05, 0.1) is 0 Å². The Hall–Kier alpha value is -1.59. The maximum absolute atomic E-state index is 12.8. The van der Waals surface area contributed by atoms with Crippen molar-refractivity contribution in [3.63, 3.8) is 0 Å². The van der Waals surface area contributed by atoms with Crippen LogP contribution in [0.4, 0.5) is 0 Å². The highest BCUT2D eigenvalue weighted by Gasteiger charge is 2.19. The summed E-state index contributed by atoms with van der Waals surface area (Å²) in [6.07, 6.45) is 52.2. The van der Waals surface area contributed by atoms with E-state index in [2.05, 4.69) is 34.6 Å². The first-order chi connectivity index (χ1) is 30.8. The van der Waals surface area contributed by atoms with E-state index in [1.165, 1.54) is 205 Å². The second-order valence-corrected chi connectivity index (χ2v) is 20.3. The van der Waals surface area contributed by atoms with Crippen LogP contribution in [0.1, 0.15) is 317 Å². The van der Waals surface area contributed by atoms with Gasteiger partial charge in [0.2, 0.25) is 0 Å². The lowest BCUT2D eigenvalue weighted by atomic mass is 9.99. The number of ether oxygens (including phenoxy) is 3. The molecular weight excluding hydrogens is 781 g/mol. The topological polar surface area (TPSA) is 78.9 Å². The minimum Gasteiger partial charge on any atom is -0.462 e. The molecule has 0 aromatic carbocycles. The SMILES string of the molecule is CCCCCCCCCCCCCCCC(=O)OC[C@@H](COC(=O)CCCCCCCCCCCCCC(C)C)OC(=O)CCCCCCCCCCCCCCCCC(C)CC. The van der Waals surface area contributed by atoms with Crippen molar-refractivity contribution in [1.29, 1.82) is 0 Å². The summed E-state index contributed by atoms with van der Waals surface area (Å²) < 4.78 is 16.9. The van der Waals surface area contributed by atoms with Gasteiger partial charge in [0, 0.05) is 19.3 Å². The summed E-state index contributed by atoms with van der Waals surface area (Å²) >= 11 is 0. The van der Waals surface area contributed by atoms with Crippen LogP contribution in [0, 0.1) is 11.8 Å². The summed E-state index contributed by atoms with van der Waals surface area (Å²) in [4.78, 5) is 38.1. The quantitative estimate of drug-likeness (QED) is 0.0344. The minimum atomic E-state index is -0.762. The summed E-state index contributed by atoms with van der Waals surface area (Å²) in [7, 11) is 0. The molecule has 0 aromatic heterocycles. The van der Waals surface area contributed by atoms with E-state index in [1.807, 2.05) is 0 Å². The average Bonchev–Trinajstić information content (AvgIpc) is 3.27. The number of rotatable bonds is 51. The standard InChI is InChI=1S/C57H110O6/c1-6-8-9-10-11-12-13-16-22-27-32-37-42-47-55(58)61-50-54(51-62-56(59)48-43-38-33-28-24-19-20-25-30-35-40-45-52(3)4)63-57(60)49-44-39-34-29-23-18-15-14-17-21-26-31-36-41-46-53(5)7-2/h52-54H,6-51H2,1-5H3/t53?,54-/m0/s1. The summed E-state index contributed by atoms with van der Waals surface area (Å²) in [6.45, 7) is 11.4. The molecule has 0 N–H and O–H groups in total. The minimum absolute atomic E-state index is 0.0629. The Morgan fingerprint density at radius 2 is 0.603 bits per heavy atom. The van der Waals surface area contributed by atoms with Gasteiger partial charge in [-0.25, -0.2) is 0 Å². The van der Waals surface area contributed by atoms with Crippen LogP contribution in [0.2, 0.25) is 0 Å². The van der Waals surface area contributed by atoms with Crippen molar-refractivity contribution in [2.24, 2.45) is 11.8 Å². The van der Waals surface area contributed by atoms with E-state index in [9.17, 15) is 14.4 Å². The number of hydrogen-bond donors (Lipinski definition) is 0. The smallest absolute Gasteiger partial charge is 0.306 e. The molecule has 0 radical (unpaired) electrons. The first-order valence-electron chi connectivity index (χ1n) is 28.3. The Bertz CT molecular complexity index is 964. The van der Waals surface area contributed by atoms with E-state index in [-0.39, 0.29) is 31.1 Å². The lowest BCUT2D eigenvalue weighted by Crippen LogP contribution is -2.30. The van der Waals surface area contributed by atoms with Gasteiger partial charge in [-0.15, -0.1) is 0 Å². The molecule has 6 heteroatoms. The lowest BCUT2D eigenvalue weighted by Gasteiger charge is -2.18. The van der Waals surface area contributed by atoms with Crippen LogP contribution in [0.25, 0.3) is 0 Å². The molecule has 0 saturated heterocycles. The molecule has 0 spiro atoms. The van der Waals surface area contributed by atoms with E-state index in [1.54, 1.807) is 0 Å².